The third kappa shape index (κ3) is 4.26. The van der Waals surface area contributed by atoms with Gasteiger partial charge in [-0.2, -0.15) is 9.97 Å². The Morgan fingerprint density at radius 1 is 0.558 bits per heavy atom. The number of benzene rings is 4. The maximum atomic E-state index is 14.4. The fourth-order valence-corrected chi connectivity index (χ4v) is 7.85. The monoisotopic (exact) mass is 695 g/mol. The summed E-state index contributed by atoms with van der Waals surface area (Å²) in [4.78, 5) is 72.8. The highest BCUT2D eigenvalue weighted by Crippen LogP contribution is 2.40. The number of ether oxygens (including phenoxy) is 2. The number of morpholine rings is 2. The molecule has 0 N–H and O–H groups in total. The first-order chi connectivity index (χ1) is 25.4. The van der Waals surface area contributed by atoms with E-state index in [0.717, 1.165) is 31.9 Å². The molecule has 4 aliphatic heterocycles. The third-order valence-corrected chi connectivity index (χ3v) is 10.3. The summed E-state index contributed by atoms with van der Waals surface area (Å²) in [6, 6.07) is 17.9. The van der Waals surface area contributed by atoms with Crippen molar-refractivity contribution in [1.82, 2.24) is 24.6 Å². The molecule has 10 rings (SSSR count). The first-order valence-electron chi connectivity index (χ1n) is 17.0. The third-order valence-electron chi connectivity index (χ3n) is 10.3. The Balaban J connectivity index is 1.10. The number of fused-ring (bicyclic) bond motifs is 1. The zero-order valence-corrected chi connectivity index (χ0v) is 27.9. The number of rotatable bonds is 4. The van der Waals surface area contributed by atoms with Crippen molar-refractivity contribution in [2.45, 2.75) is 6.92 Å². The van der Waals surface area contributed by atoms with E-state index in [1.807, 2.05) is 24.3 Å². The van der Waals surface area contributed by atoms with Crippen LogP contribution in [0.5, 0.6) is 0 Å². The van der Waals surface area contributed by atoms with Gasteiger partial charge in [0.2, 0.25) is 11.9 Å². The van der Waals surface area contributed by atoms with Crippen LogP contribution in [-0.4, -0.2) is 101 Å². The standard InChI is InChI=1S/C37H29N9O6/c1-20-40-41-36-38-35(45-31(47)23-6-2-4-21-27(42-12-16-51-17-13-42)10-8-25(29(21)23)32(45)48)39-37(44(20)36)46-33(49)24-7-3-5-22-28(43-14-18-52-19-15-43)11-9-26(30(22)24)34(46)50/h2-11H,12-19H2,1H3. The summed E-state index contributed by atoms with van der Waals surface area (Å²) in [6.07, 6.45) is 0. The zero-order chi connectivity index (χ0) is 35.2. The number of anilines is 4. The number of nitrogens with zero attached hydrogens (tertiary/aromatic N) is 9. The van der Waals surface area contributed by atoms with Crippen LogP contribution in [0, 0.1) is 6.92 Å². The lowest BCUT2D eigenvalue weighted by molar-refractivity contribution is 0.0878. The average molecular weight is 696 g/mol. The van der Waals surface area contributed by atoms with E-state index in [-0.39, 0.29) is 17.7 Å². The van der Waals surface area contributed by atoms with E-state index in [1.54, 1.807) is 43.3 Å². The minimum absolute atomic E-state index is 0.0444. The smallest absolute Gasteiger partial charge is 0.268 e. The fourth-order valence-electron chi connectivity index (χ4n) is 7.85. The van der Waals surface area contributed by atoms with E-state index >= 15 is 0 Å². The second-order valence-corrected chi connectivity index (χ2v) is 13.0. The van der Waals surface area contributed by atoms with Gasteiger partial charge in [-0.25, -0.2) is 14.2 Å². The molecule has 52 heavy (non-hydrogen) atoms. The minimum Gasteiger partial charge on any atom is -0.378 e. The Morgan fingerprint density at radius 2 is 1.04 bits per heavy atom. The van der Waals surface area contributed by atoms with Crippen LogP contribution in [0.1, 0.15) is 47.3 Å². The van der Waals surface area contributed by atoms with Gasteiger partial charge in [0.05, 0.1) is 26.4 Å². The van der Waals surface area contributed by atoms with Crippen molar-refractivity contribution in [2.24, 2.45) is 0 Å². The number of aryl methyl sites for hydroxylation is 1. The van der Waals surface area contributed by atoms with Crippen LogP contribution in [0.4, 0.5) is 23.3 Å². The van der Waals surface area contributed by atoms with Crippen molar-refractivity contribution in [3.05, 3.63) is 88.7 Å². The maximum Gasteiger partial charge on any atom is 0.268 e. The highest BCUT2D eigenvalue weighted by molar-refractivity contribution is 6.37. The van der Waals surface area contributed by atoms with Crippen molar-refractivity contribution >= 4 is 74.2 Å². The number of aromatic nitrogens is 5. The topological polar surface area (TPSA) is 156 Å². The average Bonchev–Trinajstić information content (AvgIpc) is 3.56. The molecule has 6 heterocycles. The second-order valence-electron chi connectivity index (χ2n) is 13.0. The highest BCUT2D eigenvalue weighted by Gasteiger charge is 2.41. The van der Waals surface area contributed by atoms with Crippen LogP contribution in [0.15, 0.2) is 60.7 Å². The van der Waals surface area contributed by atoms with Crippen LogP contribution in [0.25, 0.3) is 27.3 Å². The van der Waals surface area contributed by atoms with E-state index in [4.69, 9.17) is 9.47 Å². The molecule has 4 aliphatic rings. The number of imide groups is 2. The molecule has 2 saturated heterocycles. The number of amides is 4. The van der Waals surface area contributed by atoms with Crippen LogP contribution in [0.2, 0.25) is 0 Å². The SMILES string of the molecule is Cc1nnc2nc(N3C(=O)c4cccc5c(N6CCOCC6)ccc(c45)C3=O)nc(N3C(=O)c4cccc5c(N6CCOCC6)ccc(c45)C3=O)n12. The quantitative estimate of drug-likeness (QED) is 0.248. The number of hydrogen-bond donors (Lipinski definition) is 0. The van der Waals surface area contributed by atoms with Crippen molar-refractivity contribution < 1.29 is 28.7 Å². The molecule has 0 saturated carbocycles. The predicted octanol–water partition coefficient (Wildman–Crippen LogP) is 3.41. The van der Waals surface area contributed by atoms with Gasteiger partial charge in [0.15, 0.2) is 0 Å². The largest absolute Gasteiger partial charge is 0.378 e. The first-order valence-corrected chi connectivity index (χ1v) is 17.0. The van der Waals surface area contributed by atoms with Gasteiger partial charge in [0, 0.05) is 81.4 Å². The molecule has 0 atom stereocenters. The number of carbonyl (C=O) groups is 4. The molecule has 15 nitrogen and oxygen atoms in total. The van der Waals surface area contributed by atoms with Gasteiger partial charge >= 0.3 is 0 Å². The van der Waals surface area contributed by atoms with E-state index in [2.05, 4.69) is 30.0 Å². The molecular weight excluding hydrogens is 666 g/mol. The first kappa shape index (κ1) is 30.5. The zero-order valence-electron chi connectivity index (χ0n) is 27.9. The molecule has 0 aliphatic carbocycles. The summed E-state index contributed by atoms with van der Waals surface area (Å²) in [6.45, 7) is 6.69. The molecule has 0 unspecified atom stereocenters. The van der Waals surface area contributed by atoms with Crippen LogP contribution in [-0.2, 0) is 9.47 Å². The normalized spacial score (nSPS) is 17.7. The molecule has 4 amide bonds. The summed E-state index contributed by atoms with van der Waals surface area (Å²) in [5.74, 6) is -2.80. The molecule has 0 bridgehead atoms. The Labute approximate surface area is 295 Å². The van der Waals surface area contributed by atoms with Gasteiger partial charge in [-0.15, -0.1) is 10.2 Å². The summed E-state index contributed by atoms with van der Waals surface area (Å²) >= 11 is 0. The van der Waals surface area contributed by atoms with Crippen molar-refractivity contribution in [3.8, 4) is 0 Å². The second kappa shape index (κ2) is 11.3. The number of carbonyl (C=O) groups excluding carboxylic acids is 4. The Morgan fingerprint density at radius 3 is 1.56 bits per heavy atom. The Kier molecular flexibility index (Phi) is 6.65. The van der Waals surface area contributed by atoms with E-state index in [0.29, 0.717) is 91.5 Å². The Hall–Kier alpha value is -6.32. The highest BCUT2D eigenvalue weighted by atomic mass is 16.5. The van der Waals surface area contributed by atoms with Crippen LogP contribution < -0.4 is 19.6 Å². The molecule has 2 aromatic heterocycles. The van der Waals surface area contributed by atoms with Gasteiger partial charge in [-0.3, -0.25) is 19.2 Å². The molecule has 258 valence electrons. The number of hydrogen-bond acceptors (Lipinski definition) is 12. The lowest BCUT2D eigenvalue weighted by Gasteiger charge is -2.33. The van der Waals surface area contributed by atoms with Crippen LogP contribution >= 0.6 is 0 Å². The van der Waals surface area contributed by atoms with Gasteiger partial charge in [0.25, 0.3) is 29.4 Å². The summed E-state index contributed by atoms with van der Waals surface area (Å²) in [5.41, 5.74) is 3.03. The summed E-state index contributed by atoms with van der Waals surface area (Å²) < 4.78 is 12.4. The lowest BCUT2D eigenvalue weighted by atomic mass is 9.92. The molecule has 2 fully saturated rings. The minimum atomic E-state index is -0.643. The molecule has 15 heteroatoms. The molecular formula is C37H29N9O6. The molecule has 6 aromatic rings. The Bertz CT molecular complexity index is 2530. The molecule has 0 spiro atoms. The van der Waals surface area contributed by atoms with Gasteiger partial charge in [-0.05, 0) is 43.3 Å². The maximum absolute atomic E-state index is 14.4. The van der Waals surface area contributed by atoms with Crippen molar-refractivity contribution in [3.63, 3.8) is 0 Å². The van der Waals surface area contributed by atoms with Crippen molar-refractivity contribution in [2.75, 3.05) is 72.2 Å². The fraction of sp³-hybridized carbons (Fsp3) is 0.243. The van der Waals surface area contributed by atoms with Crippen molar-refractivity contribution in [1.29, 1.82) is 0 Å². The van der Waals surface area contributed by atoms with E-state index in [1.165, 1.54) is 4.40 Å². The predicted molar refractivity (Wildman–Crippen MR) is 190 cm³/mol. The summed E-state index contributed by atoms with van der Waals surface area (Å²) in [7, 11) is 0. The van der Waals surface area contributed by atoms with Gasteiger partial charge in [0.1, 0.15) is 5.82 Å². The molecule has 0 radical (unpaired) electrons. The van der Waals surface area contributed by atoms with E-state index < -0.39 is 23.6 Å². The summed E-state index contributed by atoms with van der Waals surface area (Å²) in [5, 5.41) is 10.9. The van der Waals surface area contributed by atoms with Crippen LogP contribution in [0.3, 0.4) is 0 Å². The lowest BCUT2D eigenvalue weighted by Crippen LogP contribution is -2.44. The van der Waals surface area contributed by atoms with Gasteiger partial charge < -0.3 is 19.3 Å². The van der Waals surface area contributed by atoms with Gasteiger partial charge in [-0.1, -0.05) is 24.3 Å². The van der Waals surface area contributed by atoms with E-state index in [9.17, 15) is 19.2 Å². The molecule has 4 aromatic carbocycles.